The monoisotopic (exact) mass is 880 g/mol. The molecule has 3 rings (SSSR count). The van der Waals surface area contributed by atoms with Crippen molar-refractivity contribution in [3.63, 3.8) is 0 Å². The highest BCUT2D eigenvalue weighted by molar-refractivity contribution is 7.91. The van der Waals surface area contributed by atoms with E-state index in [0.29, 0.717) is 18.6 Å². The predicted octanol–water partition coefficient (Wildman–Crippen LogP) is 11.3. The maximum atomic E-state index is 13.8. The molecule has 1 aliphatic rings. The van der Waals surface area contributed by atoms with E-state index in [9.17, 15) is 13.5 Å². The Bertz CT molecular complexity index is 1710. The number of sulfone groups is 1. The summed E-state index contributed by atoms with van der Waals surface area (Å²) >= 11 is 0. The van der Waals surface area contributed by atoms with Crippen molar-refractivity contribution in [3.8, 4) is 5.75 Å². The number of hydrogen-bond donors (Lipinski definition) is 1. The van der Waals surface area contributed by atoms with Gasteiger partial charge in [0.15, 0.2) is 41.1 Å². The van der Waals surface area contributed by atoms with Crippen LogP contribution in [0.3, 0.4) is 0 Å². The van der Waals surface area contributed by atoms with Gasteiger partial charge in [-0.25, -0.2) is 8.42 Å². The molecule has 0 radical (unpaired) electrons. The van der Waals surface area contributed by atoms with E-state index in [1.165, 1.54) is 0 Å². The molecule has 58 heavy (non-hydrogen) atoms. The van der Waals surface area contributed by atoms with Gasteiger partial charge in [-0.1, -0.05) is 106 Å². The van der Waals surface area contributed by atoms with Gasteiger partial charge in [-0.05, 0) is 85.6 Å². The third kappa shape index (κ3) is 12.8. The molecular weight excluding hydrogens is 801 g/mol. The summed E-state index contributed by atoms with van der Waals surface area (Å²) in [5, 5.41) is 12.4. The molecular formula is C45H80O9SSi3. The Kier molecular flexibility index (Phi) is 16.3. The molecule has 7 atom stereocenters. The molecule has 1 saturated heterocycles. The van der Waals surface area contributed by atoms with E-state index in [-0.39, 0.29) is 44.1 Å². The SMILES string of the molecule is COc1ccc([C@@H]2O[C@H](C[C@@H](O[Si](C)(C)C(C)(C)C)[C@@H](C)O[Si](C)(C)C(C)(C)C)C[C@H]([C@H](O[Si](C)(C)C(C)(C)C)[C@H](O)C(C)(C)CS(=O)(=O)c3ccccc3)O2)cc1. The average molecular weight is 881 g/mol. The zero-order valence-electron chi connectivity index (χ0n) is 39.5. The van der Waals surface area contributed by atoms with Crippen LogP contribution in [0.15, 0.2) is 59.5 Å². The molecule has 332 valence electrons. The van der Waals surface area contributed by atoms with Gasteiger partial charge in [-0.15, -0.1) is 0 Å². The van der Waals surface area contributed by atoms with Crippen molar-refractivity contribution in [1.29, 1.82) is 0 Å². The number of methoxy groups -OCH3 is 1. The fourth-order valence-electron chi connectivity index (χ4n) is 6.48. The Morgan fingerprint density at radius 2 is 1.21 bits per heavy atom. The molecule has 0 bridgehead atoms. The van der Waals surface area contributed by atoms with Gasteiger partial charge in [0.2, 0.25) is 0 Å². The van der Waals surface area contributed by atoms with Crippen LogP contribution in [-0.2, 0) is 32.6 Å². The Morgan fingerprint density at radius 3 is 1.69 bits per heavy atom. The Labute approximate surface area is 356 Å². The minimum atomic E-state index is -3.76. The molecule has 0 aliphatic carbocycles. The first-order chi connectivity index (χ1) is 26.1. The number of rotatable bonds is 17. The zero-order valence-corrected chi connectivity index (χ0v) is 43.3. The summed E-state index contributed by atoms with van der Waals surface area (Å²) in [7, 11) is -9.19. The second kappa shape index (κ2) is 18.5. The van der Waals surface area contributed by atoms with Gasteiger partial charge in [0, 0.05) is 23.8 Å². The van der Waals surface area contributed by atoms with Crippen LogP contribution >= 0.6 is 0 Å². The molecule has 13 heteroatoms. The van der Waals surface area contributed by atoms with Gasteiger partial charge < -0.3 is 32.6 Å². The molecule has 1 fully saturated rings. The topological polar surface area (TPSA) is 110 Å². The number of benzene rings is 2. The molecule has 0 spiro atoms. The number of aliphatic hydroxyl groups excluding tert-OH is 1. The van der Waals surface area contributed by atoms with Crippen LogP contribution < -0.4 is 4.74 Å². The predicted molar refractivity (Wildman–Crippen MR) is 245 cm³/mol. The smallest absolute Gasteiger partial charge is 0.192 e. The molecule has 2 aromatic carbocycles. The summed E-state index contributed by atoms with van der Waals surface area (Å²) in [6.45, 7) is 39.1. The normalized spacial score (nSPS) is 21.6. The molecule has 0 amide bonds. The van der Waals surface area contributed by atoms with Crippen molar-refractivity contribution in [1.82, 2.24) is 0 Å². The fourth-order valence-corrected chi connectivity index (χ4v) is 12.5. The Morgan fingerprint density at radius 1 is 0.724 bits per heavy atom. The van der Waals surface area contributed by atoms with Crippen LogP contribution in [0.4, 0.5) is 0 Å². The quantitative estimate of drug-likeness (QED) is 0.155. The van der Waals surface area contributed by atoms with Gasteiger partial charge >= 0.3 is 0 Å². The van der Waals surface area contributed by atoms with Crippen molar-refractivity contribution in [2.24, 2.45) is 5.41 Å². The highest BCUT2D eigenvalue weighted by Gasteiger charge is 2.51. The molecule has 1 heterocycles. The molecule has 0 saturated carbocycles. The molecule has 9 nitrogen and oxygen atoms in total. The second-order valence-electron chi connectivity index (χ2n) is 21.9. The molecule has 0 unspecified atom stereocenters. The van der Waals surface area contributed by atoms with Crippen molar-refractivity contribution >= 4 is 34.8 Å². The zero-order chi connectivity index (χ0) is 44.5. The summed E-state index contributed by atoms with van der Waals surface area (Å²) in [5.74, 6) is 0.435. The lowest BCUT2D eigenvalue weighted by Crippen LogP contribution is -2.58. The van der Waals surface area contributed by atoms with Crippen LogP contribution in [0.1, 0.15) is 108 Å². The summed E-state index contributed by atoms with van der Waals surface area (Å²) in [5.41, 5.74) is -0.317. The minimum absolute atomic E-state index is 0.00770. The Balaban J connectivity index is 2.18. The van der Waals surface area contributed by atoms with Crippen LogP contribution in [0.5, 0.6) is 5.75 Å². The van der Waals surface area contributed by atoms with Crippen molar-refractivity contribution in [2.75, 3.05) is 12.9 Å². The van der Waals surface area contributed by atoms with E-state index < -0.39 is 64.8 Å². The maximum absolute atomic E-state index is 13.8. The maximum Gasteiger partial charge on any atom is 0.192 e. The third-order valence-corrected chi connectivity index (χ3v) is 29.1. The summed E-state index contributed by atoms with van der Waals surface area (Å²) in [4.78, 5) is 0.223. The summed E-state index contributed by atoms with van der Waals surface area (Å²) in [6, 6.07) is 16.1. The average Bonchev–Trinajstić information content (AvgIpc) is 3.08. The number of hydrogen-bond acceptors (Lipinski definition) is 9. The van der Waals surface area contributed by atoms with Crippen LogP contribution in [0.25, 0.3) is 0 Å². The first-order valence-electron chi connectivity index (χ1n) is 21.1. The Hall–Kier alpha value is -1.40. The van der Waals surface area contributed by atoms with Gasteiger partial charge in [-0.3, -0.25) is 0 Å². The van der Waals surface area contributed by atoms with Crippen LogP contribution in [0.2, 0.25) is 54.4 Å². The van der Waals surface area contributed by atoms with Gasteiger partial charge in [0.05, 0.1) is 54.4 Å². The molecule has 1 aliphatic heterocycles. The summed E-state index contributed by atoms with van der Waals surface area (Å²) in [6.07, 6.45) is -3.47. The van der Waals surface area contributed by atoms with E-state index in [2.05, 4.69) is 109 Å². The molecule has 2 aromatic rings. The highest BCUT2D eigenvalue weighted by Crippen LogP contribution is 2.45. The van der Waals surface area contributed by atoms with E-state index in [1.807, 2.05) is 24.3 Å². The molecule has 1 N–H and O–H groups in total. The van der Waals surface area contributed by atoms with E-state index in [4.69, 9.17) is 27.5 Å². The van der Waals surface area contributed by atoms with Crippen molar-refractivity contribution in [3.05, 3.63) is 60.2 Å². The van der Waals surface area contributed by atoms with Gasteiger partial charge in [0.1, 0.15) is 5.75 Å². The number of aliphatic hydroxyl groups is 1. The fraction of sp³-hybridized carbons (Fsp3) is 0.733. The van der Waals surface area contributed by atoms with E-state index in [0.717, 1.165) is 5.56 Å². The first kappa shape index (κ1) is 51.0. The summed E-state index contributed by atoms with van der Waals surface area (Å²) < 4.78 is 68.5. The lowest BCUT2D eigenvalue weighted by Gasteiger charge is -2.49. The van der Waals surface area contributed by atoms with Gasteiger partial charge in [-0.2, -0.15) is 0 Å². The minimum Gasteiger partial charge on any atom is -0.497 e. The largest absolute Gasteiger partial charge is 0.497 e. The van der Waals surface area contributed by atoms with Crippen molar-refractivity contribution in [2.45, 2.75) is 198 Å². The standard InChI is InChI=1S/C45H80O9SSi3/c1-32(52-56(14,15)42(2,3)4)37(53-57(16,17)43(5,6)7)29-35-30-38(51-41(50-35)33-25-27-34(49-13)28-26-33)39(54-58(18,19)44(8,9)10)40(46)45(11,12)31-55(47,48)36-23-21-20-22-24-36/h20-28,32,35,37-41,46H,29-31H2,1-19H3/t32-,35-,37-,38-,39+,40+,41-/m1/s1. The van der Waals surface area contributed by atoms with E-state index >= 15 is 0 Å². The number of ether oxygens (including phenoxy) is 3. The van der Waals surface area contributed by atoms with E-state index in [1.54, 1.807) is 51.3 Å². The third-order valence-electron chi connectivity index (χ3n) is 13.4. The first-order valence-corrected chi connectivity index (χ1v) is 31.5. The highest BCUT2D eigenvalue weighted by atomic mass is 32.2. The lowest BCUT2D eigenvalue weighted by atomic mass is 9.82. The lowest BCUT2D eigenvalue weighted by molar-refractivity contribution is -0.277. The van der Waals surface area contributed by atoms with Gasteiger partial charge in [0.25, 0.3) is 0 Å². The van der Waals surface area contributed by atoms with Crippen LogP contribution in [0, 0.1) is 5.41 Å². The second-order valence-corrected chi connectivity index (χ2v) is 38.1. The molecule has 0 aromatic heterocycles. The van der Waals surface area contributed by atoms with Crippen molar-refractivity contribution < 1.29 is 41.0 Å². The van der Waals surface area contributed by atoms with Crippen LogP contribution in [-0.4, -0.2) is 88.0 Å².